The van der Waals surface area contributed by atoms with Gasteiger partial charge in [-0.2, -0.15) is 0 Å². The molecule has 2 aliphatic heterocycles. The van der Waals surface area contributed by atoms with E-state index in [0.717, 1.165) is 32.0 Å². The Balaban J connectivity index is 0.00000392. The van der Waals surface area contributed by atoms with Crippen LogP contribution in [-0.4, -0.2) is 79.3 Å². The second-order valence-corrected chi connectivity index (χ2v) is 9.06. The van der Waals surface area contributed by atoms with Crippen molar-refractivity contribution >= 4 is 36.0 Å². The third-order valence-electron chi connectivity index (χ3n) is 5.27. The predicted octanol–water partition coefficient (Wildman–Crippen LogP) is 2.90. The molecule has 164 valence electrons. The van der Waals surface area contributed by atoms with Gasteiger partial charge >= 0.3 is 6.09 Å². The topological polar surface area (TPSA) is 69.2 Å². The number of nitrogens with one attached hydrogen (secondary N) is 2. The fourth-order valence-corrected chi connectivity index (χ4v) is 3.93. The molecule has 0 aromatic heterocycles. The van der Waals surface area contributed by atoms with Gasteiger partial charge < -0.3 is 20.3 Å². The van der Waals surface area contributed by atoms with Crippen molar-refractivity contribution in [1.29, 1.82) is 0 Å². The number of rotatable bonds is 5. The van der Waals surface area contributed by atoms with Crippen LogP contribution < -0.4 is 10.6 Å². The van der Waals surface area contributed by atoms with Crippen LogP contribution in [0.5, 0.6) is 0 Å². The highest BCUT2D eigenvalue weighted by Crippen LogP contribution is 2.18. The third-order valence-corrected chi connectivity index (χ3v) is 5.27. The first kappa shape index (κ1) is 25.3. The smallest absolute Gasteiger partial charge is 0.407 e. The van der Waals surface area contributed by atoms with Crippen molar-refractivity contribution in [3.8, 4) is 0 Å². The summed E-state index contributed by atoms with van der Waals surface area (Å²) in [6.45, 7) is 15.2. The third kappa shape index (κ3) is 7.93. The van der Waals surface area contributed by atoms with E-state index in [4.69, 9.17) is 4.74 Å². The summed E-state index contributed by atoms with van der Waals surface area (Å²) in [5.74, 6) is 1.53. The van der Waals surface area contributed by atoms with Crippen LogP contribution in [0.15, 0.2) is 4.99 Å². The lowest BCUT2D eigenvalue weighted by Gasteiger charge is -2.32. The van der Waals surface area contributed by atoms with Gasteiger partial charge in [-0.05, 0) is 59.0 Å². The summed E-state index contributed by atoms with van der Waals surface area (Å²) in [5, 5.41) is 6.55. The minimum atomic E-state index is -0.471. The number of carbonyl (C=O) groups excluding carboxylic acids is 1. The van der Waals surface area contributed by atoms with E-state index in [1.54, 1.807) is 0 Å². The monoisotopic (exact) mass is 509 g/mol. The van der Waals surface area contributed by atoms with Crippen molar-refractivity contribution in [2.24, 2.45) is 10.9 Å². The van der Waals surface area contributed by atoms with Gasteiger partial charge in [0.2, 0.25) is 0 Å². The molecular formula is C20H40IN5O2. The lowest BCUT2D eigenvalue weighted by atomic mass is 10.0. The zero-order valence-electron chi connectivity index (χ0n) is 18.5. The zero-order chi connectivity index (χ0) is 20.0. The van der Waals surface area contributed by atoms with E-state index >= 15 is 0 Å². The highest BCUT2D eigenvalue weighted by Gasteiger charge is 2.29. The first-order valence-corrected chi connectivity index (χ1v) is 10.4. The molecule has 2 N–H and O–H groups in total. The standard InChI is InChI=1S/C20H39N5O2.HI/c1-15(2)17(24-10-7-8-11-24)13-22-18(21-6)25-12-9-16(14-25)23-19(26)27-20(3,4)5;/h15-17H,7-14H2,1-6H3,(H,21,22)(H,23,26);1H. The molecule has 8 heteroatoms. The number of hydrogen-bond acceptors (Lipinski definition) is 4. The molecule has 0 aliphatic carbocycles. The Morgan fingerprint density at radius 3 is 2.39 bits per heavy atom. The largest absolute Gasteiger partial charge is 0.444 e. The van der Waals surface area contributed by atoms with Crippen LogP contribution in [0.3, 0.4) is 0 Å². The molecule has 2 rings (SSSR count). The molecule has 2 atom stereocenters. The number of alkyl carbamates (subject to hydrolysis) is 1. The van der Waals surface area contributed by atoms with E-state index in [9.17, 15) is 4.79 Å². The number of ether oxygens (including phenoxy) is 1. The van der Waals surface area contributed by atoms with E-state index < -0.39 is 5.60 Å². The van der Waals surface area contributed by atoms with Crippen molar-refractivity contribution in [3.63, 3.8) is 0 Å². The van der Waals surface area contributed by atoms with Crippen LogP contribution in [0.25, 0.3) is 0 Å². The van der Waals surface area contributed by atoms with Gasteiger partial charge in [-0.15, -0.1) is 24.0 Å². The number of amides is 1. The molecule has 0 aromatic rings. The molecule has 0 spiro atoms. The van der Waals surface area contributed by atoms with Crippen LogP contribution in [0.1, 0.15) is 53.9 Å². The van der Waals surface area contributed by atoms with Crippen LogP contribution in [0.2, 0.25) is 0 Å². The maximum atomic E-state index is 12.0. The number of likely N-dealkylation sites (tertiary alicyclic amines) is 2. The van der Waals surface area contributed by atoms with Crippen LogP contribution in [0.4, 0.5) is 4.79 Å². The van der Waals surface area contributed by atoms with Crippen molar-refractivity contribution in [3.05, 3.63) is 0 Å². The van der Waals surface area contributed by atoms with Gasteiger partial charge in [-0.3, -0.25) is 9.89 Å². The number of aliphatic imine (C=N–C) groups is 1. The lowest BCUT2D eigenvalue weighted by molar-refractivity contribution is 0.0507. The summed E-state index contributed by atoms with van der Waals surface area (Å²) in [7, 11) is 1.83. The van der Waals surface area contributed by atoms with Crippen LogP contribution >= 0.6 is 24.0 Å². The second-order valence-electron chi connectivity index (χ2n) is 9.06. The molecule has 28 heavy (non-hydrogen) atoms. The van der Waals surface area contributed by atoms with E-state index in [2.05, 4.69) is 39.3 Å². The maximum Gasteiger partial charge on any atom is 0.407 e. The average molecular weight is 509 g/mol. The van der Waals surface area contributed by atoms with Gasteiger partial charge in [0.25, 0.3) is 0 Å². The summed E-state index contributed by atoms with van der Waals surface area (Å²) in [6.07, 6.45) is 3.18. The Morgan fingerprint density at radius 2 is 1.86 bits per heavy atom. The van der Waals surface area contributed by atoms with Crippen molar-refractivity contribution < 1.29 is 9.53 Å². The number of halogens is 1. The number of nitrogens with zero attached hydrogens (tertiary/aromatic N) is 3. The minimum Gasteiger partial charge on any atom is -0.444 e. The fraction of sp³-hybridized carbons (Fsp3) is 0.900. The first-order valence-electron chi connectivity index (χ1n) is 10.4. The summed E-state index contributed by atoms with van der Waals surface area (Å²) in [6, 6.07) is 0.625. The molecular weight excluding hydrogens is 469 g/mol. The highest BCUT2D eigenvalue weighted by molar-refractivity contribution is 14.0. The molecule has 0 radical (unpaired) electrons. The Bertz CT molecular complexity index is 515. The van der Waals surface area contributed by atoms with Crippen molar-refractivity contribution in [2.45, 2.75) is 71.6 Å². The molecule has 2 aliphatic rings. The van der Waals surface area contributed by atoms with Gasteiger partial charge in [0, 0.05) is 32.7 Å². The molecule has 2 heterocycles. The van der Waals surface area contributed by atoms with Crippen LogP contribution in [-0.2, 0) is 4.74 Å². The molecule has 7 nitrogen and oxygen atoms in total. The van der Waals surface area contributed by atoms with Crippen molar-refractivity contribution in [2.75, 3.05) is 39.8 Å². The molecule has 0 saturated carbocycles. The minimum absolute atomic E-state index is 0. The second kappa shape index (κ2) is 11.4. The van der Waals surface area contributed by atoms with Crippen LogP contribution in [0, 0.1) is 5.92 Å². The fourth-order valence-electron chi connectivity index (χ4n) is 3.93. The maximum absolute atomic E-state index is 12.0. The molecule has 2 saturated heterocycles. The molecule has 0 bridgehead atoms. The Labute approximate surface area is 188 Å². The lowest BCUT2D eigenvalue weighted by Crippen LogP contribution is -2.50. The number of guanidine groups is 1. The van der Waals surface area contributed by atoms with E-state index in [1.165, 1.54) is 25.9 Å². The Morgan fingerprint density at radius 1 is 1.21 bits per heavy atom. The molecule has 2 unspecified atom stereocenters. The van der Waals surface area contributed by atoms with Gasteiger partial charge in [0.15, 0.2) is 5.96 Å². The van der Waals surface area contributed by atoms with E-state index in [0.29, 0.717) is 12.0 Å². The highest BCUT2D eigenvalue weighted by atomic mass is 127. The van der Waals surface area contributed by atoms with Gasteiger partial charge in [-0.1, -0.05) is 13.8 Å². The SMILES string of the molecule is CN=C(NCC(C(C)C)N1CCCC1)N1CCC(NC(=O)OC(C)(C)C)C1.I. The van der Waals surface area contributed by atoms with E-state index in [-0.39, 0.29) is 36.1 Å². The molecule has 2 fully saturated rings. The first-order chi connectivity index (χ1) is 12.7. The normalized spacial score (nSPS) is 22.2. The zero-order valence-corrected chi connectivity index (χ0v) is 20.8. The number of hydrogen-bond donors (Lipinski definition) is 2. The summed E-state index contributed by atoms with van der Waals surface area (Å²) in [4.78, 5) is 21.3. The van der Waals surface area contributed by atoms with Crippen molar-refractivity contribution in [1.82, 2.24) is 20.4 Å². The van der Waals surface area contributed by atoms with Gasteiger partial charge in [0.05, 0.1) is 6.04 Å². The number of carbonyl (C=O) groups is 1. The molecule has 1 amide bonds. The Kier molecular flexibility index (Phi) is 10.3. The van der Waals surface area contributed by atoms with E-state index in [1.807, 2.05) is 27.8 Å². The summed E-state index contributed by atoms with van der Waals surface area (Å²) < 4.78 is 5.36. The van der Waals surface area contributed by atoms with Gasteiger partial charge in [0.1, 0.15) is 5.60 Å². The Hall–Kier alpha value is -0.770. The molecule has 0 aromatic carbocycles. The predicted molar refractivity (Wildman–Crippen MR) is 126 cm³/mol. The summed E-state index contributed by atoms with van der Waals surface area (Å²) in [5.41, 5.74) is -0.471. The quantitative estimate of drug-likeness (QED) is 0.339. The van der Waals surface area contributed by atoms with Gasteiger partial charge in [-0.25, -0.2) is 4.79 Å². The average Bonchev–Trinajstić information content (AvgIpc) is 3.21. The summed E-state index contributed by atoms with van der Waals surface area (Å²) >= 11 is 0.